The average molecular weight is 226 g/mol. The molecule has 0 saturated carbocycles. The van der Waals surface area contributed by atoms with Crippen molar-refractivity contribution in [2.24, 2.45) is 5.92 Å². The number of hydrogen-bond donors (Lipinski definition) is 1. The monoisotopic (exact) mass is 226 g/mol. The molecule has 1 heterocycles. The van der Waals surface area contributed by atoms with E-state index in [1.807, 2.05) is 0 Å². The van der Waals surface area contributed by atoms with Gasteiger partial charge in [-0.15, -0.1) is 0 Å². The second kappa shape index (κ2) is 7.29. The molecule has 1 fully saturated rings. The van der Waals surface area contributed by atoms with Crippen molar-refractivity contribution in [1.29, 1.82) is 0 Å². The van der Waals surface area contributed by atoms with Crippen LogP contribution in [0, 0.1) is 5.92 Å². The number of nitrogens with zero attached hydrogens (tertiary/aromatic N) is 1. The van der Waals surface area contributed by atoms with E-state index >= 15 is 0 Å². The zero-order valence-corrected chi connectivity index (χ0v) is 11.6. The molecule has 0 radical (unpaired) electrons. The van der Waals surface area contributed by atoms with Gasteiger partial charge in [0, 0.05) is 12.1 Å². The minimum Gasteiger partial charge on any atom is -0.314 e. The molecule has 0 aromatic rings. The molecule has 1 saturated heterocycles. The molecule has 2 nitrogen and oxygen atoms in total. The first-order valence-electron chi connectivity index (χ1n) is 7.11. The molecule has 1 rings (SSSR count). The van der Waals surface area contributed by atoms with E-state index in [0.717, 1.165) is 12.0 Å². The maximum absolute atomic E-state index is 3.75. The highest BCUT2D eigenvalue weighted by atomic mass is 15.1. The molecule has 0 spiro atoms. The van der Waals surface area contributed by atoms with Gasteiger partial charge in [0.25, 0.3) is 0 Å². The number of likely N-dealkylation sites (tertiary alicyclic amines) is 1. The van der Waals surface area contributed by atoms with Crippen molar-refractivity contribution in [3.63, 3.8) is 0 Å². The van der Waals surface area contributed by atoms with Crippen molar-refractivity contribution < 1.29 is 0 Å². The lowest BCUT2D eigenvalue weighted by Crippen LogP contribution is -2.35. The van der Waals surface area contributed by atoms with E-state index in [-0.39, 0.29) is 0 Å². The highest BCUT2D eigenvalue weighted by Crippen LogP contribution is 2.13. The van der Waals surface area contributed by atoms with E-state index in [1.54, 1.807) is 0 Å². The van der Waals surface area contributed by atoms with E-state index in [1.165, 1.54) is 45.3 Å². The highest BCUT2D eigenvalue weighted by molar-refractivity contribution is 4.76. The SMILES string of the molecule is CCC(C)CNC1CCCN(C(C)C)CC1. The summed E-state index contributed by atoms with van der Waals surface area (Å²) >= 11 is 0. The van der Waals surface area contributed by atoms with E-state index in [2.05, 4.69) is 37.9 Å². The highest BCUT2D eigenvalue weighted by Gasteiger charge is 2.18. The number of hydrogen-bond acceptors (Lipinski definition) is 2. The molecular weight excluding hydrogens is 196 g/mol. The predicted octanol–water partition coefficient (Wildman–Crippen LogP) is 2.89. The maximum Gasteiger partial charge on any atom is 0.00798 e. The van der Waals surface area contributed by atoms with Crippen LogP contribution in [0.4, 0.5) is 0 Å². The lowest BCUT2D eigenvalue weighted by atomic mass is 10.1. The summed E-state index contributed by atoms with van der Waals surface area (Å²) in [6.45, 7) is 13.0. The first-order valence-corrected chi connectivity index (χ1v) is 7.11. The van der Waals surface area contributed by atoms with E-state index in [9.17, 15) is 0 Å². The lowest BCUT2D eigenvalue weighted by Gasteiger charge is -2.24. The first-order chi connectivity index (χ1) is 7.63. The van der Waals surface area contributed by atoms with Gasteiger partial charge in [-0.2, -0.15) is 0 Å². The van der Waals surface area contributed by atoms with Gasteiger partial charge >= 0.3 is 0 Å². The molecule has 0 aliphatic carbocycles. The Bertz CT molecular complexity index is 180. The molecule has 2 heteroatoms. The minimum absolute atomic E-state index is 0.716. The van der Waals surface area contributed by atoms with Gasteiger partial charge < -0.3 is 10.2 Å². The third-order valence-corrected chi connectivity index (χ3v) is 3.94. The maximum atomic E-state index is 3.75. The zero-order valence-electron chi connectivity index (χ0n) is 11.6. The smallest absolute Gasteiger partial charge is 0.00798 e. The van der Waals surface area contributed by atoms with Crippen LogP contribution in [0.2, 0.25) is 0 Å². The Kier molecular flexibility index (Phi) is 6.37. The van der Waals surface area contributed by atoms with E-state index in [0.29, 0.717) is 6.04 Å². The molecule has 1 aliphatic heterocycles. The van der Waals surface area contributed by atoms with Crippen LogP contribution in [0.1, 0.15) is 53.4 Å². The van der Waals surface area contributed by atoms with Crippen LogP contribution in [-0.4, -0.2) is 36.6 Å². The second-order valence-corrected chi connectivity index (χ2v) is 5.68. The largest absolute Gasteiger partial charge is 0.314 e. The standard InChI is InChI=1S/C14H30N2/c1-5-13(4)11-15-14-7-6-9-16(10-8-14)12(2)3/h12-15H,5-11H2,1-4H3. The molecular formula is C14H30N2. The minimum atomic E-state index is 0.716. The average Bonchev–Trinajstić information content (AvgIpc) is 2.51. The normalized spacial score (nSPS) is 25.7. The summed E-state index contributed by atoms with van der Waals surface area (Å²) in [7, 11) is 0. The summed E-state index contributed by atoms with van der Waals surface area (Å²) < 4.78 is 0. The van der Waals surface area contributed by atoms with Crippen LogP contribution < -0.4 is 5.32 Å². The fraction of sp³-hybridized carbons (Fsp3) is 1.00. The number of nitrogens with one attached hydrogen (secondary N) is 1. The molecule has 96 valence electrons. The fourth-order valence-corrected chi connectivity index (χ4v) is 2.35. The van der Waals surface area contributed by atoms with Crippen LogP contribution in [-0.2, 0) is 0 Å². The lowest BCUT2D eigenvalue weighted by molar-refractivity contribution is 0.228. The Hall–Kier alpha value is -0.0800. The van der Waals surface area contributed by atoms with Crippen LogP contribution >= 0.6 is 0 Å². The van der Waals surface area contributed by atoms with Gasteiger partial charge in [-0.25, -0.2) is 0 Å². The number of rotatable bonds is 5. The van der Waals surface area contributed by atoms with E-state index < -0.39 is 0 Å². The van der Waals surface area contributed by atoms with Gasteiger partial charge in [-0.3, -0.25) is 0 Å². The van der Waals surface area contributed by atoms with Gasteiger partial charge in [0.15, 0.2) is 0 Å². The Balaban J connectivity index is 2.25. The molecule has 0 amide bonds. The molecule has 1 N–H and O–H groups in total. The van der Waals surface area contributed by atoms with Crippen molar-refractivity contribution in [1.82, 2.24) is 10.2 Å². The second-order valence-electron chi connectivity index (χ2n) is 5.68. The summed E-state index contributed by atoms with van der Waals surface area (Å²) in [5.41, 5.74) is 0. The third-order valence-electron chi connectivity index (χ3n) is 3.94. The molecule has 0 aromatic carbocycles. The van der Waals surface area contributed by atoms with E-state index in [4.69, 9.17) is 0 Å². The van der Waals surface area contributed by atoms with Crippen molar-refractivity contribution in [2.75, 3.05) is 19.6 Å². The van der Waals surface area contributed by atoms with Gasteiger partial charge in [0.2, 0.25) is 0 Å². The van der Waals surface area contributed by atoms with Crippen molar-refractivity contribution in [2.45, 2.75) is 65.5 Å². The van der Waals surface area contributed by atoms with Crippen LogP contribution in [0.15, 0.2) is 0 Å². The fourth-order valence-electron chi connectivity index (χ4n) is 2.35. The third kappa shape index (κ3) is 4.84. The summed E-state index contributed by atoms with van der Waals surface area (Å²) in [4.78, 5) is 2.62. The Labute approximate surface area is 102 Å². The summed E-state index contributed by atoms with van der Waals surface area (Å²) in [5, 5.41) is 3.75. The summed E-state index contributed by atoms with van der Waals surface area (Å²) in [5.74, 6) is 0.824. The molecule has 2 unspecified atom stereocenters. The van der Waals surface area contributed by atoms with Gasteiger partial charge in [0.05, 0.1) is 0 Å². The van der Waals surface area contributed by atoms with Gasteiger partial charge in [0.1, 0.15) is 0 Å². The Morgan fingerprint density at radius 1 is 1.19 bits per heavy atom. The summed E-state index contributed by atoms with van der Waals surface area (Å²) in [6.07, 6.45) is 5.34. The molecule has 1 aliphatic rings. The van der Waals surface area contributed by atoms with Crippen molar-refractivity contribution in [3.05, 3.63) is 0 Å². The van der Waals surface area contributed by atoms with Crippen molar-refractivity contribution >= 4 is 0 Å². The predicted molar refractivity (Wildman–Crippen MR) is 71.8 cm³/mol. The Morgan fingerprint density at radius 2 is 1.94 bits per heavy atom. The zero-order chi connectivity index (χ0) is 12.0. The van der Waals surface area contributed by atoms with Crippen molar-refractivity contribution in [3.8, 4) is 0 Å². The van der Waals surface area contributed by atoms with Crippen LogP contribution in [0.25, 0.3) is 0 Å². The van der Waals surface area contributed by atoms with Gasteiger partial charge in [-0.05, 0) is 58.7 Å². The Morgan fingerprint density at radius 3 is 2.56 bits per heavy atom. The topological polar surface area (TPSA) is 15.3 Å². The summed E-state index contributed by atoms with van der Waals surface area (Å²) in [6, 6.07) is 1.48. The first kappa shape index (κ1) is 14.0. The quantitative estimate of drug-likeness (QED) is 0.775. The van der Waals surface area contributed by atoms with Crippen LogP contribution in [0.3, 0.4) is 0 Å². The molecule has 16 heavy (non-hydrogen) atoms. The molecule has 2 atom stereocenters. The van der Waals surface area contributed by atoms with Gasteiger partial charge in [-0.1, -0.05) is 20.3 Å². The van der Waals surface area contributed by atoms with Crippen LogP contribution in [0.5, 0.6) is 0 Å². The molecule has 0 aromatic heterocycles. The molecule has 0 bridgehead atoms.